The second kappa shape index (κ2) is 6.75. The number of amides is 1. The topological polar surface area (TPSA) is 93.1 Å². The van der Waals surface area contributed by atoms with Crippen molar-refractivity contribution < 1.29 is 29.0 Å². The zero-order valence-electron chi connectivity index (χ0n) is 10.00. The summed E-state index contributed by atoms with van der Waals surface area (Å²) in [6.45, 7) is 3.30. The van der Waals surface area contributed by atoms with Crippen molar-refractivity contribution in [2.24, 2.45) is 0 Å². The molecule has 18 heavy (non-hydrogen) atoms. The summed E-state index contributed by atoms with van der Waals surface area (Å²) in [5.41, 5.74) is 0. The summed E-state index contributed by atoms with van der Waals surface area (Å²) in [5, 5.41) is 8.33. The Morgan fingerprint density at radius 3 is 2.44 bits per heavy atom. The first kappa shape index (κ1) is 14.2. The number of hydrogen-bond acceptors (Lipinski definition) is 5. The highest BCUT2D eigenvalue weighted by Crippen LogP contribution is 2.03. The van der Waals surface area contributed by atoms with E-state index in [1.165, 1.54) is 6.92 Å². The van der Waals surface area contributed by atoms with Crippen LogP contribution < -0.4 is 0 Å². The summed E-state index contributed by atoms with van der Waals surface area (Å²) in [5.74, 6) is -2.42. The standard InChI is InChI=1S/C11H15NO6/c1-8(18-10(15)3-2-9(13)14)11(16)12-4-6-17-7-5-12/h2-3,8H,4-7H2,1H3,(H,13,14)/b3-2+. The van der Waals surface area contributed by atoms with Crippen LogP contribution in [0.1, 0.15) is 6.92 Å². The molecule has 1 heterocycles. The Kier molecular flexibility index (Phi) is 5.31. The molecule has 1 atom stereocenters. The fourth-order valence-corrected chi connectivity index (χ4v) is 1.44. The number of ether oxygens (including phenoxy) is 2. The molecule has 1 amide bonds. The van der Waals surface area contributed by atoms with Gasteiger partial charge < -0.3 is 19.5 Å². The lowest BCUT2D eigenvalue weighted by Gasteiger charge is -2.28. The van der Waals surface area contributed by atoms with Crippen LogP contribution in [0.2, 0.25) is 0 Å². The zero-order chi connectivity index (χ0) is 13.5. The number of morpholine rings is 1. The van der Waals surface area contributed by atoms with Crippen LogP contribution in [-0.2, 0) is 23.9 Å². The van der Waals surface area contributed by atoms with Crippen molar-refractivity contribution in [3.8, 4) is 0 Å². The van der Waals surface area contributed by atoms with Crippen molar-refractivity contribution in [3.63, 3.8) is 0 Å². The minimum atomic E-state index is -1.25. The first-order valence-electron chi connectivity index (χ1n) is 5.49. The van der Waals surface area contributed by atoms with Crippen molar-refractivity contribution >= 4 is 17.8 Å². The molecular formula is C11H15NO6. The molecule has 0 spiro atoms. The summed E-state index contributed by atoms with van der Waals surface area (Å²) in [6, 6.07) is 0. The molecule has 1 aliphatic rings. The Balaban J connectivity index is 2.43. The van der Waals surface area contributed by atoms with Crippen LogP contribution in [-0.4, -0.2) is 60.3 Å². The van der Waals surface area contributed by atoms with E-state index in [9.17, 15) is 14.4 Å². The summed E-state index contributed by atoms with van der Waals surface area (Å²) in [6.07, 6.45) is 0.494. The molecule has 1 rings (SSSR count). The highest BCUT2D eigenvalue weighted by molar-refractivity contribution is 5.92. The SMILES string of the molecule is CC(OC(=O)/C=C/C(=O)O)C(=O)N1CCOCC1. The molecule has 0 aromatic rings. The normalized spacial score (nSPS) is 17.5. The van der Waals surface area contributed by atoms with Crippen LogP contribution in [0, 0.1) is 0 Å². The van der Waals surface area contributed by atoms with E-state index < -0.39 is 18.0 Å². The van der Waals surface area contributed by atoms with Gasteiger partial charge >= 0.3 is 11.9 Å². The van der Waals surface area contributed by atoms with Gasteiger partial charge in [-0.15, -0.1) is 0 Å². The highest BCUT2D eigenvalue weighted by atomic mass is 16.5. The highest BCUT2D eigenvalue weighted by Gasteiger charge is 2.24. The molecule has 0 bridgehead atoms. The van der Waals surface area contributed by atoms with Gasteiger partial charge in [0.25, 0.3) is 5.91 Å². The van der Waals surface area contributed by atoms with E-state index in [-0.39, 0.29) is 5.91 Å². The Bertz CT molecular complexity index is 359. The summed E-state index contributed by atoms with van der Waals surface area (Å²) < 4.78 is 9.89. The van der Waals surface area contributed by atoms with Crippen molar-refractivity contribution in [3.05, 3.63) is 12.2 Å². The van der Waals surface area contributed by atoms with Crippen molar-refractivity contribution in [2.75, 3.05) is 26.3 Å². The molecule has 1 fully saturated rings. The molecule has 0 radical (unpaired) electrons. The molecule has 1 N–H and O–H groups in total. The Morgan fingerprint density at radius 2 is 1.89 bits per heavy atom. The van der Waals surface area contributed by atoms with Gasteiger partial charge in [-0.1, -0.05) is 0 Å². The third-order valence-corrected chi connectivity index (χ3v) is 2.33. The van der Waals surface area contributed by atoms with E-state index in [2.05, 4.69) is 0 Å². The minimum absolute atomic E-state index is 0.310. The molecule has 0 aromatic heterocycles. The van der Waals surface area contributed by atoms with Crippen LogP contribution in [0.15, 0.2) is 12.2 Å². The smallest absolute Gasteiger partial charge is 0.331 e. The number of nitrogens with zero attached hydrogens (tertiary/aromatic N) is 1. The van der Waals surface area contributed by atoms with Gasteiger partial charge in [-0.25, -0.2) is 9.59 Å². The largest absolute Gasteiger partial charge is 0.478 e. The zero-order valence-corrected chi connectivity index (χ0v) is 10.00. The first-order chi connectivity index (χ1) is 8.50. The van der Waals surface area contributed by atoms with Crippen LogP contribution in [0.25, 0.3) is 0 Å². The molecular weight excluding hydrogens is 242 g/mol. The van der Waals surface area contributed by atoms with Crippen LogP contribution in [0.3, 0.4) is 0 Å². The second-order valence-electron chi connectivity index (χ2n) is 3.69. The fourth-order valence-electron chi connectivity index (χ4n) is 1.44. The van der Waals surface area contributed by atoms with Gasteiger partial charge in [-0.05, 0) is 6.92 Å². The number of carbonyl (C=O) groups excluding carboxylic acids is 2. The number of hydrogen-bond donors (Lipinski definition) is 1. The molecule has 7 heteroatoms. The predicted molar refractivity (Wildman–Crippen MR) is 59.7 cm³/mol. The van der Waals surface area contributed by atoms with Crippen LogP contribution in [0.4, 0.5) is 0 Å². The second-order valence-corrected chi connectivity index (χ2v) is 3.69. The molecule has 0 aromatic carbocycles. The number of aliphatic carboxylic acids is 1. The quantitative estimate of drug-likeness (QED) is 0.535. The summed E-state index contributed by atoms with van der Waals surface area (Å²) in [7, 11) is 0. The molecule has 0 saturated carbocycles. The van der Waals surface area contributed by atoms with E-state index in [4.69, 9.17) is 14.6 Å². The molecule has 1 aliphatic heterocycles. The summed E-state index contributed by atoms with van der Waals surface area (Å²) >= 11 is 0. The van der Waals surface area contributed by atoms with E-state index in [1.807, 2.05) is 0 Å². The lowest BCUT2D eigenvalue weighted by molar-refractivity contribution is -0.157. The number of carbonyl (C=O) groups is 3. The van der Waals surface area contributed by atoms with Crippen molar-refractivity contribution in [1.29, 1.82) is 0 Å². The lowest BCUT2D eigenvalue weighted by Crippen LogP contribution is -2.45. The van der Waals surface area contributed by atoms with Gasteiger partial charge in [-0.2, -0.15) is 0 Å². The molecule has 1 unspecified atom stereocenters. The number of carboxylic acids is 1. The van der Waals surface area contributed by atoms with Gasteiger partial charge in [0, 0.05) is 25.2 Å². The van der Waals surface area contributed by atoms with Gasteiger partial charge in [-0.3, -0.25) is 4.79 Å². The third kappa shape index (κ3) is 4.54. The Morgan fingerprint density at radius 1 is 1.28 bits per heavy atom. The van der Waals surface area contributed by atoms with Crippen molar-refractivity contribution in [1.82, 2.24) is 4.90 Å². The van der Waals surface area contributed by atoms with Crippen LogP contribution in [0.5, 0.6) is 0 Å². The van der Waals surface area contributed by atoms with E-state index in [0.29, 0.717) is 32.4 Å². The predicted octanol–water partition coefficient (Wildman–Crippen LogP) is -0.582. The molecule has 100 valence electrons. The van der Waals surface area contributed by atoms with Gasteiger partial charge in [0.2, 0.25) is 0 Å². The molecule has 7 nitrogen and oxygen atoms in total. The average Bonchev–Trinajstić information content (AvgIpc) is 2.36. The Labute approximate surface area is 104 Å². The monoisotopic (exact) mass is 257 g/mol. The van der Waals surface area contributed by atoms with E-state index in [0.717, 1.165) is 6.08 Å². The van der Waals surface area contributed by atoms with Crippen molar-refractivity contribution in [2.45, 2.75) is 13.0 Å². The van der Waals surface area contributed by atoms with E-state index in [1.54, 1.807) is 4.90 Å². The maximum absolute atomic E-state index is 11.8. The number of carboxylic acid groups (broad SMARTS) is 1. The third-order valence-electron chi connectivity index (χ3n) is 2.33. The average molecular weight is 257 g/mol. The van der Waals surface area contributed by atoms with Crippen LogP contribution >= 0.6 is 0 Å². The fraction of sp³-hybridized carbons (Fsp3) is 0.545. The first-order valence-corrected chi connectivity index (χ1v) is 5.49. The van der Waals surface area contributed by atoms with Gasteiger partial charge in [0.05, 0.1) is 13.2 Å². The Hall–Kier alpha value is -1.89. The lowest BCUT2D eigenvalue weighted by atomic mass is 10.3. The molecule has 0 aliphatic carbocycles. The van der Waals surface area contributed by atoms with Gasteiger partial charge in [0.1, 0.15) is 0 Å². The summed E-state index contributed by atoms with van der Waals surface area (Å²) in [4.78, 5) is 34.7. The van der Waals surface area contributed by atoms with E-state index >= 15 is 0 Å². The minimum Gasteiger partial charge on any atom is -0.478 e. The maximum atomic E-state index is 11.8. The molecule has 1 saturated heterocycles. The number of rotatable bonds is 4. The maximum Gasteiger partial charge on any atom is 0.331 e. The number of esters is 1. The van der Waals surface area contributed by atoms with Gasteiger partial charge in [0.15, 0.2) is 6.10 Å².